The van der Waals surface area contributed by atoms with Crippen molar-refractivity contribution in [1.29, 1.82) is 5.26 Å². The fourth-order valence-electron chi connectivity index (χ4n) is 6.70. The van der Waals surface area contributed by atoms with Crippen LogP contribution in [0.25, 0.3) is 0 Å². The summed E-state index contributed by atoms with van der Waals surface area (Å²) in [6.45, 7) is 5.28. The van der Waals surface area contributed by atoms with Gasteiger partial charge in [0.05, 0.1) is 12.0 Å². The van der Waals surface area contributed by atoms with Gasteiger partial charge >= 0.3 is 0 Å². The highest BCUT2D eigenvalue weighted by atomic mass is 16.2. The number of hydrogen-bond donors (Lipinski definition) is 0. The molecule has 4 bridgehead atoms. The van der Waals surface area contributed by atoms with Gasteiger partial charge in [-0.1, -0.05) is 74.5 Å². The van der Waals surface area contributed by atoms with Crippen molar-refractivity contribution in [3.63, 3.8) is 0 Å². The predicted molar refractivity (Wildman–Crippen MR) is 108 cm³/mol. The molecule has 1 saturated heterocycles. The van der Waals surface area contributed by atoms with Crippen LogP contribution in [0.1, 0.15) is 50.2 Å². The zero-order valence-corrected chi connectivity index (χ0v) is 16.6. The second kappa shape index (κ2) is 5.70. The van der Waals surface area contributed by atoms with Gasteiger partial charge in [0.1, 0.15) is 5.54 Å². The van der Waals surface area contributed by atoms with Crippen LogP contribution < -0.4 is 0 Å². The second-order valence-electron chi connectivity index (χ2n) is 9.34. The third-order valence-corrected chi connectivity index (χ3v) is 8.52. The monoisotopic (exact) mass is 370 g/mol. The van der Waals surface area contributed by atoms with Crippen molar-refractivity contribution in [2.75, 3.05) is 6.54 Å². The normalized spacial score (nSPS) is 35.4. The summed E-state index contributed by atoms with van der Waals surface area (Å²) in [7, 11) is 0. The molecule has 0 aromatic heterocycles. The van der Waals surface area contributed by atoms with E-state index < -0.39 is 5.54 Å². The summed E-state index contributed by atoms with van der Waals surface area (Å²) in [6, 6.07) is 22.7. The number of carbonyl (C=O) groups is 1. The lowest BCUT2D eigenvalue weighted by Gasteiger charge is -2.44. The number of hydrogen-bond acceptors (Lipinski definition) is 2. The minimum Gasteiger partial charge on any atom is -0.322 e. The summed E-state index contributed by atoms with van der Waals surface area (Å²) >= 11 is 0. The average Bonchev–Trinajstić information content (AvgIpc) is 3.18. The van der Waals surface area contributed by atoms with Gasteiger partial charge in [0, 0.05) is 12.0 Å². The van der Waals surface area contributed by atoms with Crippen LogP contribution in [0.4, 0.5) is 0 Å². The molecule has 0 N–H and O–H groups in total. The molecule has 142 valence electrons. The van der Waals surface area contributed by atoms with Gasteiger partial charge in [-0.15, -0.1) is 0 Å². The molecule has 3 heteroatoms. The van der Waals surface area contributed by atoms with Crippen LogP contribution in [-0.2, 0) is 4.79 Å². The molecule has 0 radical (unpaired) electrons. The van der Waals surface area contributed by atoms with Crippen LogP contribution in [0, 0.1) is 28.1 Å². The number of amides is 1. The van der Waals surface area contributed by atoms with Crippen LogP contribution in [0.3, 0.4) is 0 Å². The van der Waals surface area contributed by atoms with Crippen LogP contribution in [0.2, 0.25) is 0 Å². The molecular weight excluding hydrogens is 344 g/mol. The number of likely N-dealkylation sites (tertiary alicyclic amines) is 1. The maximum atomic E-state index is 14.0. The number of rotatable bonds is 3. The maximum absolute atomic E-state index is 14.0. The second-order valence-corrected chi connectivity index (χ2v) is 9.34. The summed E-state index contributed by atoms with van der Waals surface area (Å²) in [6.07, 6.45) is 3.07. The molecule has 1 amide bonds. The topological polar surface area (TPSA) is 44.1 Å². The van der Waals surface area contributed by atoms with Crippen molar-refractivity contribution in [3.8, 4) is 6.07 Å². The summed E-state index contributed by atoms with van der Waals surface area (Å²) in [4.78, 5) is 16.0. The molecule has 1 aliphatic heterocycles. The molecule has 5 rings (SSSR count). The molecule has 1 heterocycles. The van der Waals surface area contributed by atoms with E-state index in [4.69, 9.17) is 0 Å². The highest BCUT2D eigenvalue weighted by molar-refractivity contribution is 5.89. The lowest BCUT2D eigenvalue weighted by Crippen LogP contribution is -2.55. The van der Waals surface area contributed by atoms with Crippen LogP contribution >= 0.6 is 0 Å². The van der Waals surface area contributed by atoms with E-state index in [0.717, 1.165) is 24.0 Å². The minimum absolute atomic E-state index is 0.0519. The summed E-state index contributed by atoms with van der Waals surface area (Å²) in [5.74, 6) is 0.278. The van der Waals surface area contributed by atoms with E-state index in [1.807, 2.05) is 65.6 Å². The Hall–Kier alpha value is -2.60. The van der Waals surface area contributed by atoms with E-state index in [9.17, 15) is 10.1 Å². The first-order chi connectivity index (χ1) is 13.5. The molecule has 0 spiro atoms. The van der Waals surface area contributed by atoms with Crippen molar-refractivity contribution in [2.45, 2.75) is 44.6 Å². The standard InChI is InChI=1S/C25H26N2O/c1-23-17-27(25(16-26)15-20(23)13-14-24(23,25)2)22(28)21(18-9-5-3-6-10-18)19-11-7-4-8-12-19/h3-12,20-21H,13-15,17H2,1-2H3/t20-,23+,24-,25+/m0/s1. The van der Waals surface area contributed by atoms with Crippen molar-refractivity contribution in [1.82, 2.24) is 4.90 Å². The lowest BCUT2D eigenvalue weighted by molar-refractivity contribution is -0.138. The lowest BCUT2D eigenvalue weighted by atomic mass is 9.66. The summed E-state index contributed by atoms with van der Waals surface area (Å²) in [5.41, 5.74) is 1.28. The third-order valence-electron chi connectivity index (χ3n) is 8.52. The minimum atomic E-state index is -0.663. The van der Waals surface area contributed by atoms with Crippen LogP contribution in [0.5, 0.6) is 0 Å². The quantitative estimate of drug-likeness (QED) is 0.783. The van der Waals surface area contributed by atoms with Gasteiger partial charge in [-0.3, -0.25) is 4.79 Å². The molecule has 2 aliphatic carbocycles. The van der Waals surface area contributed by atoms with E-state index in [1.165, 1.54) is 6.42 Å². The third kappa shape index (κ3) is 1.91. The van der Waals surface area contributed by atoms with Gasteiger partial charge in [-0.25, -0.2) is 0 Å². The van der Waals surface area contributed by atoms with Gasteiger partial charge in [0.15, 0.2) is 0 Å². The Morgan fingerprint density at radius 2 is 1.64 bits per heavy atom. The van der Waals surface area contributed by atoms with E-state index in [0.29, 0.717) is 12.5 Å². The molecule has 3 fully saturated rings. The Morgan fingerprint density at radius 1 is 1.07 bits per heavy atom. The molecule has 2 aromatic rings. The highest BCUT2D eigenvalue weighted by Gasteiger charge is 2.79. The molecule has 28 heavy (non-hydrogen) atoms. The van der Waals surface area contributed by atoms with Crippen molar-refractivity contribution in [2.24, 2.45) is 16.7 Å². The van der Waals surface area contributed by atoms with E-state index in [2.05, 4.69) is 19.9 Å². The number of benzene rings is 2. The molecule has 3 aliphatic rings. The predicted octanol–water partition coefficient (Wildman–Crippen LogP) is 4.75. The number of nitriles is 1. The molecule has 2 aromatic carbocycles. The van der Waals surface area contributed by atoms with E-state index >= 15 is 0 Å². The number of piperidine rings is 1. The van der Waals surface area contributed by atoms with Gasteiger partial charge in [0.25, 0.3) is 0 Å². The fraction of sp³-hybridized carbons (Fsp3) is 0.440. The van der Waals surface area contributed by atoms with Crippen LogP contribution in [0.15, 0.2) is 60.7 Å². The van der Waals surface area contributed by atoms with Crippen molar-refractivity contribution in [3.05, 3.63) is 71.8 Å². The van der Waals surface area contributed by atoms with Gasteiger partial charge in [-0.2, -0.15) is 5.26 Å². The van der Waals surface area contributed by atoms with E-state index in [-0.39, 0.29) is 22.7 Å². The van der Waals surface area contributed by atoms with Gasteiger partial charge in [0.2, 0.25) is 5.91 Å². The zero-order valence-electron chi connectivity index (χ0n) is 16.6. The first-order valence-corrected chi connectivity index (χ1v) is 10.3. The summed E-state index contributed by atoms with van der Waals surface area (Å²) in [5, 5.41) is 10.3. The average molecular weight is 370 g/mol. The van der Waals surface area contributed by atoms with Gasteiger partial charge < -0.3 is 4.90 Å². The fourth-order valence-corrected chi connectivity index (χ4v) is 6.70. The zero-order chi connectivity index (χ0) is 19.6. The Balaban J connectivity index is 1.61. The number of carbonyl (C=O) groups excluding carboxylic acids is 1. The molecule has 3 nitrogen and oxygen atoms in total. The maximum Gasteiger partial charge on any atom is 0.235 e. The molecule has 2 saturated carbocycles. The summed E-state index contributed by atoms with van der Waals surface area (Å²) < 4.78 is 0. The largest absolute Gasteiger partial charge is 0.322 e. The molecule has 4 atom stereocenters. The smallest absolute Gasteiger partial charge is 0.235 e. The van der Waals surface area contributed by atoms with E-state index in [1.54, 1.807) is 0 Å². The van der Waals surface area contributed by atoms with Gasteiger partial charge in [-0.05, 0) is 41.7 Å². The first kappa shape index (κ1) is 17.5. The number of nitrogens with zero attached hydrogens (tertiary/aromatic N) is 2. The Bertz CT molecular complexity index is 926. The molecule has 0 unspecified atom stereocenters. The first-order valence-electron chi connectivity index (χ1n) is 10.3. The van der Waals surface area contributed by atoms with Crippen molar-refractivity contribution >= 4 is 5.91 Å². The Kier molecular flexibility index (Phi) is 3.56. The Morgan fingerprint density at radius 3 is 2.14 bits per heavy atom. The Labute approximate surface area is 167 Å². The molecular formula is C25H26N2O. The SMILES string of the molecule is C[C@@]12CC[C@H]3C[C@]1(C#N)N(C(=O)C(c1ccccc1)c1ccccc1)C[C@]32C. The van der Waals surface area contributed by atoms with Crippen LogP contribution in [-0.4, -0.2) is 22.9 Å². The highest BCUT2D eigenvalue weighted by Crippen LogP contribution is 2.75. The van der Waals surface area contributed by atoms with Crippen molar-refractivity contribution < 1.29 is 4.79 Å².